The number of thiocarbonyl (C=S) groups is 1. The molecule has 2 aromatic rings. The van der Waals surface area contributed by atoms with Crippen molar-refractivity contribution in [2.24, 2.45) is 0 Å². The molecule has 0 saturated carbocycles. The highest BCUT2D eigenvalue weighted by Gasteiger charge is 2.06. The Balaban J connectivity index is 2.11. The van der Waals surface area contributed by atoms with Crippen molar-refractivity contribution >= 4 is 52.2 Å². The molecule has 0 radical (unpaired) electrons. The quantitative estimate of drug-likeness (QED) is 0.809. The fourth-order valence-corrected chi connectivity index (χ4v) is 2.17. The van der Waals surface area contributed by atoms with E-state index in [-0.39, 0.29) is 0 Å². The normalized spacial score (nSPS) is 10.2. The Morgan fingerprint density at radius 3 is 2.35 bits per heavy atom. The van der Waals surface area contributed by atoms with Crippen LogP contribution in [0.25, 0.3) is 0 Å². The van der Waals surface area contributed by atoms with E-state index in [1.807, 2.05) is 19.9 Å². The van der Waals surface area contributed by atoms with E-state index in [4.69, 9.17) is 35.4 Å². The monoisotopic (exact) mass is 326 g/mol. The maximum atomic E-state index is 6.05. The smallest absolute Gasteiger partial charge is 0.229 e. The molecule has 0 atom stereocenters. The second kappa shape index (κ2) is 6.35. The number of nitrogens with zero attached hydrogens (tertiary/aromatic N) is 2. The van der Waals surface area contributed by atoms with Gasteiger partial charge in [-0.3, -0.25) is 0 Å². The molecule has 0 aliphatic carbocycles. The molecule has 1 heterocycles. The maximum Gasteiger partial charge on any atom is 0.229 e. The van der Waals surface area contributed by atoms with E-state index in [1.54, 1.807) is 18.2 Å². The molecule has 0 unspecified atom stereocenters. The van der Waals surface area contributed by atoms with Crippen molar-refractivity contribution < 1.29 is 0 Å². The Hall–Kier alpha value is -1.43. The van der Waals surface area contributed by atoms with E-state index in [2.05, 4.69) is 20.6 Å². The van der Waals surface area contributed by atoms with E-state index >= 15 is 0 Å². The molecule has 0 bridgehead atoms. The zero-order valence-electron chi connectivity index (χ0n) is 10.9. The summed E-state index contributed by atoms with van der Waals surface area (Å²) < 4.78 is 0. The molecule has 4 nitrogen and oxygen atoms in total. The van der Waals surface area contributed by atoms with Gasteiger partial charge in [-0.25, -0.2) is 9.97 Å². The Kier molecular flexibility index (Phi) is 4.75. The summed E-state index contributed by atoms with van der Waals surface area (Å²) in [5.41, 5.74) is 2.35. The van der Waals surface area contributed by atoms with Crippen LogP contribution in [0.5, 0.6) is 0 Å². The van der Waals surface area contributed by atoms with Crippen LogP contribution in [-0.2, 0) is 0 Å². The van der Waals surface area contributed by atoms with Crippen LogP contribution < -0.4 is 10.6 Å². The van der Waals surface area contributed by atoms with E-state index in [0.29, 0.717) is 26.8 Å². The van der Waals surface area contributed by atoms with Gasteiger partial charge < -0.3 is 10.6 Å². The zero-order chi connectivity index (χ0) is 14.7. The number of aromatic nitrogens is 2. The molecule has 20 heavy (non-hydrogen) atoms. The number of hydrogen-bond acceptors (Lipinski definition) is 3. The Morgan fingerprint density at radius 2 is 1.70 bits per heavy atom. The minimum Gasteiger partial charge on any atom is -0.331 e. The first kappa shape index (κ1) is 15.0. The number of nitrogens with one attached hydrogen (secondary N) is 2. The standard InChI is InChI=1S/C13H12Cl2N4S/c1-7-5-8(2)17-12(16-7)19-13(20)18-11-6-9(14)3-4-10(11)15/h3-6H,1-2H3,(H2,16,17,18,19,20). The van der Waals surface area contributed by atoms with Crippen molar-refractivity contribution in [1.29, 1.82) is 0 Å². The van der Waals surface area contributed by atoms with Crippen molar-refractivity contribution in [3.63, 3.8) is 0 Å². The Morgan fingerprint density at radius 1 is 1.05 bits per heavy atom. The van der Waals surface area contributed by atoms with Crippen LogP contribution in [0.3, 0.4) is 0 Å². The van der Waals surface area contributed by atoms with E-state index in [1.165, 1.54) is 0 Å². The topological polar surface area (TPSA) is 49.8 Å². The second-order valence-corrected chi connectivity index (χ2v) is 5.43. The molecule has 0 aliphatic heterocycles. The molecular weight excluding hydrogens is 315 g/mol. The van der Waals surface area contributed by atoms with E-state index < -0.39 is 0 Å². The molecule has 0 saturated heterocycles. The predicted molar refractivity (Wildman–Crippen MR) is 87.8 cm³/mol. The summed E-state index contributed by atoms with van der Waals surface area (Å²) in [5, 5.41) is 7.32. The van der Waals surface area contributed by atoms with Crippen molar-refractivity contribution in [2.75, 3.05) is 10.6 Å². The van der Waals surface area contributed by atoms with Crippen molar-refractivity contribution in [3.05, 3.63) is 45.7 Å². The Bertz CT molecular complexity index is 641. The van der Waals surface area contributed by atoms with E-state index in [9.17, 15) is 0 Å². The lowest BCUT2D eigenvalue weighted by atomic mass is 10.3. The van der Waals surface area contributed by atoms with Gasteiger partial charge in [0.25, 0.3) is 0 Å². The van der Waals surface area contributed by atoms with Gasteiger partial charge in [0.05, 0.1) is 10.7 Å². The van der Waals surface area contributed by atoms with Crippen LogP contribution in [0.4, 0.5) is 11.6 Å². The van der Waals surface area contributed by atoms with Crippen molar-refractivity contribution in [2.45, 2.75) is 13.8 Å². The van der Waals surface area contributed by atoms with Gasteiger partial charge in [0.1, 0.15) is 0 Å². The predicted octanol–water partition coefficient (Wildman–Crippen LogP) is 4.21. The van der Waals surface area contributed by atoms with Crippen molar-refractivity contribution in [1.82, 2.24) is 9.97 Å². The summed E-state index contributed by atoms with van der Waals surface area (Å²) in [7, 11) is 0. The van der Waals surface area contributed by atoms with Crippen LogP contribution in [0, 0.1) is 13.8 Å². The number of anilines is 2. The molecule has 2 rings (SSSR count). The molecule has 0 fully saturated rings. The SMILES string of the molecule is Cc1cc(C)nc(NC(=S)Nc2cc(Cl)ccc2Cl)n1. The molecule has 1 aromatic heterocycles. The van der Waals surface area contributed by atoms with Gasteiger partial charge in [-0.2, -0.15) is 0 Å². The van der Waals surface area contributed by atoms with Crippen molar-refractivity contribution in [3.8, 4) is 0 Å². The molecular formula is C13H12Cl2N4S. The minimum absolute atomic E-state index is 0.346. The highest BCUT2D eigenvalue weighted by Crippen LogP contribution is 2.25. The summed E-state index contributed by atoms with van der Waals surface area (Å²) in [6, 6.07) is 6.98. The van der Waals surface area contributed by atoms with E-state index in [0.717, 1.165) is 11.4 Å². The van der Waals surface area contributed by atoms with Crippen LogP contribution in [0.15, 0.2) is 24.3 Å². The highest BCUT2D eigenvalue weighted by molar-refractivity contribution is 7.80. The third kappa shape index (κ3) is 4.03. The molecule has 1 aromatic carbocycles. The van der Waals surface area contributed by atoms with Gasteiger partial charge in [-0.05, 0) is 50.3 Å². The van der Waals surface area contributed by atoms with Crippen LogP contribution in [0.1, 0.15) is 11.4 Å². The molecule has 0 amide bonds. The number of aryl methyl sites for hydroxylation is 2. The summed E-state index contributed by atoms with van der Waals surface area (Å²) in [6.07, 6.45) is 0. The lowest BCUT2D eigenvalue weighted by Gasteiger charge is -2.11. The average molecular weight is 327 g/mol. The third-order valence-electron chi connectivity index (χ3n) is 2.38. The second-order valence-electron chi connectivity index (χ2n) is 4.18. The lowest BCUT2D eigenvalue weighted by Crippen LogP contribution is -2.21. The largest absolute Gasteiger partial charge is 0.331 e. The third-order valence-corrected chi connectivity index (χ3v) is 3.15. The molecule has 2 N–H and O–H groups in total. The fourth-order valence-electron chi connectivity index (χ4n) is 1.63. The molecule has 0 aliphatic rings. The summed E-state index contributed by atoms with van der Waals surface area (Å²) in [4.78, 5) is 8.49. The maximum absolute atomic E-state index is 6.05. The zero-order valence-corrected chi connectivity index (χ0v) is 13.2. The fraction of sp³-hybridized carbons (Fsp3) is 0.154. The minimum atomic E-state index is 0.346. The first-order valence-electron chi connectivity index (χ1n) is 5.79. The summed E-state index contributed by atoms with van der Waals surface area (Å²) >= 11 is 17.2. The van der Waals surface area contributed by atoms with Crippen LogP contribution >= 0.6 is 35.4 Å². The summed E-state index contributed by atoms with van der Waals surface area (Å²) in [5.74, 6) is 0.443. The first-order valence-corrected chi connectivity index (χ1v) is 6.96. The van der Waals surface area contributed by atoms with Gasteiger partial charge >= 0.3 is 0 Å². The highest BCUT2D eigenvalue weighted by atomic mass is 35.5. The van der Waals surface area contributed by atoms with Gasteiger partial charge in [-0.1, -0.05) is 23.2 Å². The van der Waals surface area contributed by atoms with Gasteiger partial charge in [0.2, 0.25) is 5.95 Å². The van der Waals surface area contributed by atoms with Gasteiger partial charge in [0.15, 0.2) is 5.11 Å². The lowest BCUT2D eigenvalue weighted by molar-refractivity contribution is 1.07. The number of rotatable bonds is 2. The molecule has 0 spiro atoms. The van der Waals surface area contributed by atoms with Crippen LogP contribution in [0.2, 0.25) is 10.0 Å². The molecule has 7 heteroatoms. The number of benzene rings is 1. The first-order chi connectivity index (χ1) is 9.44. The van der Waals surface area contributed by atoms with Gasteiger partial charge in [0, 0.05) is 16.4 Å². The average Bonchev–Trinajstić information content (AvgIpc) is 2.32. The van der Waals surface area contributed by atoms with Crippen LogP contribution in [-0.4, -0.2) is 15.1 Å². The summed E-state index contributed by atoms with van der Waals surface area (Å²) in [6.45, 7) is 3.79. The number of halogens is 2. The van der Waals surface area contributed by atoms with Gasteiger partial charge in [-0.15, -0.1) is 0 Å². The number of hydrogen-bond donors (Lipinski definition) is 2. The Labute approximate surface area is 132 Å². The molecule has 104 valence electrons.